The van der Waals surface area contributed by atoms with Crippen LogP contribution in [0, 0.1) is 0 Å². The van der Waals surface area contributed by atoms with E-state index in [-0.39, 0.29) is 12.5 Å². The van der Waals surface area contributed by atoms with Crippen molar-refractivity contribution < 1.29 is 9.90 Å². The lowest BCUT2D eigenvalue weighted by Crippen LogP contribution is -2.36. The second-order valence-corrected chi connectivity index (χ2v) is 2.30. The van der Waals surface area contributed by atoms with E-state index < -0.39 is 5.97 Å². The number of nitrogens with two attached hydrogens (primary N) is 1. The monoisotopic (exact) mass is 198 g/mol. The van der Waals surface area contributed by atoms with E-state index in [0.29, 0.717) is 5.82 Å². The summed E-state index contributed by atoms with van der Waals surface area (Å²) in [5.74, 6) is 4.78. The van der Waals surface area contributed by atoms with Gasteiger partial charge in [-0.15, -0.1) is 0 Å². The minimum Gasteiger partial charge on any atom is -0.480 e. The highest BCUT2D eigenvalue weighted by Crippen LogP contribution is 1.96. The van der Waals surface area contributed by atoms with Crippen molar-refractivity contribution in [3.8, 4) is 0 Å². The van der Waals surface area contributed by atoms with Gasteiger partial charge in [-0.3, -0.25) is 15.3 Å². The van der Waals surface area contributed by atoms with Gasteiger partial charge in [0, 0.05) is 6.07 Å². The molecule has 8 nitrogen and oxygen atoms in total. The fourth-order valence-electron chi connectivity index (χ4n) is 0.721. The van der Waals surface area contributed by atoms with Crippen LogP contribution in [0.4, 0.5) is 5.82 Å². The molecule has 1 aromatic heterocycles. The third-order valence-electron chi connectivity index (χ3n) is 1.26. The summed E-state index contributed by atoms with van der Waals surface area (Å²) in [4.78, 5) is 13.8. The smallest absolute Gasteiger partial charge is 0.325 e. The summed E-state index contributed by atoms with van der Waals surface area (Å²) in [7, 11) is 0. The minimum atomic E-state index is -1.04. The van der Waals surface area contributed by atoms with Crippen molar-refractivity contribution in [3.63, 3.8) is 0 Å². The SMILES string of the molecule is NNC(=NCC(=O)O)Nc1ccn[nH]1. The molecule has 0 amide bonds. The first-order valence-corrected chi connectivity index (χ1v) is 3.71. The van der Waals surface area contributed by atoms with Gasteiger partial charge in [-0.25, -0.2) is 10.8 Å². The number of aliphatic imine (C=N–C) groups is 1. The van der Waals surface area contributed by atoms with Crippen molar-refractivity contribution >= 4 is 17.7 Å². The molecule has 1 heterocycles. The number of H-pyrrole nitrogens is 1. The largest absolute Gasteiger partial charge is 0.480 e. The summed E-state index contributed by atoms with van der Waals surface area (Å²) in [5.41, 5.74) is 2.22. The Kier molecular flexibility index (Phi) is 3.44. The predicted octanol–water partition coefficient (Wildman–Crippen LogP) is -1.27. The van der Waals surface area contributed by atoms with Gasteiger partial charge in [0.2, 0.25) is 5.96 Å². The van der Waals surface area contributed by atoms with Crippen LogP contribution in [0.3, 0.4) is 0 Å². The molecule has 0 aliphatic carbocycles. The number of hydrogen-bond donors (Lipinski definition) is 5. The number of rotatable bonds is 3. The number of aromatic amines is 1. The summed E-state index contributed by atoms with van der Waals surface area (Å²) in [5, 5.41) is 17.3. The Morgan fingerprint density at radius 3 is 3.07 bits per heavy atom. The first kappa shape index (κ1) is 9.99. The molecule has 0 bridgehead atoms. The van der Waals surface area contributed by atoms with Gasteiger partial charge in [0.05, 0.1) is 6.20 Å². The molecule has 6 N–H and O–H groups in total. The second kappa shape index (κ2) is 4.82. The van der Waals surface area contributed by atoms with Crippen LogP contribution in [-0.2, 0) is 4.79 Å². The van der Waals surface area contributed by atoms with Gasteiger partial charge >= 0.3 is 5.97 Å². The Balaban J connectivity index is 2.54. The Hall–Kier alpha value is -2.09. The zero-order valence-corrected chi connectivity index (χ0v) is 7.19. The zero-order chi connectivity index (χ0) is 10.4. The summed E-state index contributed by atoms with van der Waals surface area (Å²) in [6.07, 6.45) is 1.54. The molecule has 0 saturated carbocycles. The highest BCUT2D eigenvalue weighted by Gasteiger charge is 1.99. The number of anilines is 1. The molecule has 0 aliphatic heterocycles. The average molecular weight is 198 g/mol. The standard InChI is InChI=1S/C6H10N6O2/c7-11-6(8-3-5(13)14)10-4-1-2-9-12-4/h1-2H,3,7H2,(H,13,14)(H3,8,9,10,11,12). The molecule has 1 rings (SSSR count). The molecule has 0 aliphatic rings. The molecule has 8 heteroatoms. The molecule has 76 valence electrons. The van der Waals surface area contributed by atoms with Crippen molar-refractivity contribution in [1.82, 2.24) is 15.6 Å². The van der Waals surface area contributed by atoms with E-state index in [2.05, 4.69) is 25.9 Å². The van der Waals surface area contributed by atoms with E-state index in [1.807, 2.05) is 0 Å². The molecule has 0 unspecified atom stereocenters. The maximum Gasteiger partial charge on any atom is 0.325 e. The lowest BCUT2D eigenvalue weighted by atomic mass is 10.6. The van der Waals surface area contributed by atoms with Crippen LogP contribution in [0.15, 0.2) is 17.3 Å². The molecule has 1 aromatic rings. The van der Waals surface area contributed by atoms with Crippen LogP contribution >= 0.6 is 0 Å². The number of carboxylic acids is 1. The fraction of sp³-hybridized carbons (Fsp3) is 0.167. The first-order chi connectivity index (χ1) is 6.72. The fourth-order valence-corrected chi connectivity index (χ4v) is 0.721. The highest BCUT2D eigenvalue weighted by atomic mass is 16.4. The molecule has 0 radical (unpaired) electrons. The maximum absolute atomic E-state index is 10.2. The number of hydrogen-bond acceptors (Lipinski definition) is 4. The Morgan fingerprint density at radius 2 is 2.57 bits per heavy atom. The van der Waals surface area contributed by atoms with Crippen LogP contribution in [0.25, 0.3) is 0 Å². The second-order valence-electron chi connectivity index (χ2n) is 2.30. The predicted molar refractivity (Wildman–Crippen MR) is 49.5 cm³/mol. The van der Waals surface area contributed by atoms with E-state index in [1.165, 1.54) is 6.20 Å². The number of nitrogens with one attached hydrogen (secondary N) is 3. The molecule has 0 aromatic carbocycles. The zero-order valence-electron chi connectivity index (χ0n) is 7.19. The van der Waals surface area contributed by atoms with Gasteiger partial charge in [-0.2, -0.15) is 5.10 Å². The number of aromatic nitrogens is 2. The highest BCUT2D eigenvalue weighted by molar-refractivity contribution is 5.93. The number of hydrazine groups is 1. The van der Waals surface area contributed by atoms with Crippen LogP contribution in [0.5, 0.6) is 0 Å². The van der Waals surface area contributed by atoms with E-state index in [0.717, 1.165) is 0 Å². The number of guanidine groups is 1. The molecule has 0 fully saturated rings. The molecule has 0 saturated heterocycles. The molecular weight excluding hydrogens is 188 g/mol. The van der Waals surface area contributed by atoms with Gasteiger partial charge in [-0.1, -0.05) is 0 Å². The molecule has 0 atom stereocenters. The Labute approximate surface area is 79.2 Å². The van der Waals surface area contributed by atoms with Gasteiger partial charge in [0.25, 0.3) is 0 Å². The molecule has 14 heavy (non-hydrogen) atoms. The summed E-state index contributed by atoms with van der Waals surface area (Å²) < 4.78 is 0. The van der Waals surface area contributed by atoms with E-state index in [4.69, 9.17) is 10.9 Å². The van der Waals surface area contributed by atoms with E-state index in [9.17, 15) is 4.79 Å². The van der Waals surface area contributed by atoms with Crippen molar-refractivity contribution in [3.05, 3.63) is 12.3 Å². The lowest BCUT2D eigenvalue weighted by molar-refractivity contribution is -0.135. The van der Waals surface area contributed by atoms with Gasteiger partial charge in [0.15, 0.2) is 0 Å². The minimum absolute atomic E-state index is 0.150. The lowest BCUT2D eigenvalue weighted by Gasteiger charge is -2.05. The van der Waals surface area contributed by atoms with E-state index >= 15 is 0 Å². The van der Waals surface area contributed by atoms with Crippen LogP contribution < -0.4 is 16.6 Å². The number of carbonyl (C=O) groups is 1. The number of aliphatic carboxylic acids is 1. The third-order valence-corrected chi connectivity index (χ3v) is 1.26. The van der Waals surface area contributed by atoms with Crippen LogP contribution in [0.1, 0.15) is 0 Å². The van der Waals surface area contributed by atoms with Crippen LogP contribution in [0.2, 0.25) is 0 Å². The summed E-state index contributed by atoms with van der Waals surface area (Å²) in [6.45, 7) is -0.360. The first-order valence-electron chi connectivity index (χ1n) is 3.71. The maximum atomic E-state index is 10.2. The van der Waals surface area contributed by atoms with Crippen molar-refractivity contribution in [2.75, 3.05) is 11.9 Å². The van der Waals surface area contributed by atoms with E-state index in [1.54, 1.807) is 6.07 Å². The van der Waals surface area contributed by atoms with Crippen LogP contribution in [-0.4, -0.2) is 33.8 Å². The van der Waals surface area contributed by atoms with Crippen molar-refractivity contribution in [1.29, 1.82) is 0 Å². The van der Waals surface area contributed by atoms with Gasteiger partial charge < -0.3 is 10.4 Å². The summed E-state index contributed by atoms with van der Waals surface area (Å²) in [6, 6.07) is 1.65. The van der Waals surface area contributed by atoms with Gasteiger partial charge in [0.1, 0.15) is 12.4 Å². The number of nitrogens with zero attached hydrogens (tertiary/aromatic N) is 2. The number of carboxylic acid groups (broad SMARTS) is 1. The Morgan fingerprint density at radius 1 is 1.79 bits per heavy atom. The summed E-state index contributed by atoms with van der Waals surface area (Å²) >= 11 is 0. The van der Waals surface area contributed by atoms with Crippen molar-refractivity contribution in [2.45, 2.75) is 0 Å². The normalized spacial score (nSPS) is 11.1. The topological polar surface area (TPSA) is 128 Å². The third kappa shape index (κ3) is 3.11. The average Bonchev–Trinajstić information content (AvgIpc) is 2.64. The quantitative estimate of drug-likeness (QED) is 0.178. The molecule has 0 spiro atoms. The molecular formula is C6H10N6O2. The van der Waals surface area contributed by atoms with Gasteiger partial charge in [-0.05, 0) is 0 Å². The van der Waals surface area contributed by atoms with Crippen molar-refractivity contribution in [2.24, 2.45) is 10.8 Å². The Bertz CT molecular complexity index is 319.